The van der Waals surface area contributed by atoms with Crippen LogP contribution in [0.15, 0.2) is 17.2 Å². The van der Waals surface area contributed by atoms with Gasteiger partial charge in [0.1, 0.15) is 6.54 Å². The van der Waals surface area contributed by atoms with Gasteiger partial charge in [-0.25, -0.2) is 4.79 Å². The van der Waals surface area contributed by atoms with Crippen LogP contribution in [-0.2, 0) is 17.9 Å². The van der Waals surface area contributed by atoms with Crippen LogP contribution in [0.4, 0.5) is 0 Å². The van der Waals surface area contributed by atoms with Crippen LogP contribution in [0.3, 0.4) is 0 Å². The highest BCUT2D eigenvalue weighted by Gasteiger charge is 2.23. The number of nitrogens with zero attached hydrogens (tertiary/aromatic N) is 2. The van der Waals surface area contributed by atoms with E-state index in [0.29, 0.717) is 12.6 Å². The molecule has 2 rings (SSSR count). The van der Waals surface area contributed by atoms with Crippen molar-refractivity contribution in [1.82, 2.24) is 14.5 Å². The molecule has 5 heteroatoms. The van der Waals surface area contributed by atoms with Gasteiger partial charge in [-0.15, -0.1) is 0 Å². The van der Waals surface area contributed by atoms with Gasteiger partial charge in [0.05, 0.1) is 0 Å². The molecule has 15 heavy (non-hydrogen) atoms. The molecule has 1 aromatic rings. The fourth-order valence-electron chi connectivity index (χ4n) is 1.47. The third kappa shape index (κ3) is 2.29. The van der Waals surface area contributed by atoms with Crippen LogP contribution < -0.4 is 11.0 Å². The summed E-state index contributed by atoms with van der Waals surface area (Å²) in [4.78, 5) is 23.0. The van der Waals surface area contributed by atoms with Gasteiger partial charge in [0, 0.05) is 25.0 Å². The van der Waals surface area contributed by atoms with Crippen molar-refractivity contribution in [2.45, 2.75) is 38.9 Å². The SMILES string of the molecule is CCn1ccn(CC(=O)NC2CC2)c1=O. The third-order valence-electron chi connectivity index (χ3n) is 2.52. The van der Waals surface area contributed by atoms with Gasteiger partial charge < -0.3 is 5.32 Å². The van der Waals surface area contributed by atoms with Crippen molar-refractivity contribution in [1.29, 1.82) is 0 Å². The lowest BCUT2D eigenvalue weighted by Gasteiger charge is -2.02. The average molecular weight is 209 g/mol. The van der Waals surface area contributed by atoms with E-state index in [1.54, 1.807) is 17.0 Å². The van der Waals surface area contributed by atoms with Crippen molar-refractivity contribution in [3.8, 4) is 0 Å². The summed E-state index contributed by atoms with van der Waals surface area (Å²) in [6.07, 6.45) is 5.48. The van der Waals surface area contributed by atoms with Crippen LogP contribution >= 0.6 is 0 Å². The Morgan fingerprint density at radius 2 is 2.13 bits per heavy atom. The maximum absolute atomic E-state index is 11.6. The molecule has 1 amide bonds. The molecule has 1 N–H and O–H groups in total. The smallest absolute Gasteiger partial charge is 0.328 e. The van der Waals surface area contributed by atoms with E-state index >= 15 is 0 Å². The molecule has 1 heterocycles. The van der Waals surface area contributed by atoms with Gasteiger partial charge in [0.2, 0.25) is 5.91 Å². The van der Waals surface area contributed by atoms with Crippen LogP contribution in [0.25, 0.3) is 0 Å². The summed E-state index contributed by atoms with van der Waals surface area (Å²) in [6, 6.07) is 0.349. The lowest BCUT2D eigenvalue weighted by atomic mass is 10.5. The second kappa shape index (κ2) is 3.92. The van der Waals surface area contributed by atoms with Gasteiger partial charge in [0.15, 0.2) is 0 Å². The molecular formula is C10H15N3O2. The van der Waals surface area contributed by atoms with Crippen LogP contribution in [-0.4, -0.2) is 21.1 Å². The summed E-state index contributed by atoms with van der Waals surface area (Å²) in [7, 11) is 0. The second-order valence-electron chi connectivity index (χ2n) is 3.84. The number of aromatic nitrogens is 2. The molecule has 1 saturated carbocycles. The minimum absolute atomic E-state index is 0.0755. The second-order valence-corrected chi connectivity index (χ2v) is 3.84. The molecule has 1 fully saturated rings. The molecule has 0 aliphatic heterocycles. The molecule has 0 bridgehead atoms. The van der Waals surface area contributed by atoms with E-state index in [-0.39, 0.29) is 18.1 Å². The fourth-order valence-corrected chi connectivity index (χ4v) is 1.47. The highest BCUT2D eigenvalue weighted by molar-refractivity contribution is 5.76. The van der Waals surface area contributed by atoms with Gasteiger partial charge in [-0.2, -0.15) is 0 Å². The Hall–Kier alpha value is -1.52. The predicted molar refractivity (Wildman–Crippen MR) is 55.5 cm³/mol. The van der Waals surface area contributed by atoms with Crippen LogP contribution in [0.1, 0.15) is 19.8 Å². The first kappa shape index (κ1) is 10.0. The van der Waals surface area contributed by atoms with E-state index in [9.17, 15) is 9.59 Å². The van der Waals surface area contributed by atoms with E-state index in [1.807, 2.05) is 6.92 Å². The van der Waals surface area contributed by atoms with Crippen molar-refractivity contribution in [3.05, 3.63) is 22.9 Å². The number of amides is 1. The number of carbonyl (C=O) groups excluding carboxylic acids is 1. The van der Waals surface area contributed by atoms with Crippen molar-refractivity contribution in [2.75, 3.05) is 0 Å². The Kier molecular flexibility index (Phi) is 2.62. The molecule has 1 aromatic heterocycles. The van der Waals surface area contributed by atoms with Crippen LogP contribution in [0, 0.1) is 0 Å². The molecule has 0 saturated heterocycles. The predicted octanol–water partition coefficient (Wildman–Crippen LogP) is -0.0517. The van der Waals surface area contributed by atoms with Crippen molar-refractivity contribution < 1.29 is 4.79 Å². The maximum atomic E-state index is 11.6. The normalized spacial score (nSPS) is 15.3. The fraction of sp³-hybridized carbons (Fsp3) is 0.600. The molecule has 0 aromatic carbocycles. The van der Waals surface area contributed by atoms with Gasteiger partial charge >= 0.3 is 5.69 Å². The number of aryl methyl sites for hydroxylation is 1. The zero-order valence-corrected chi connectivity index (χ0v) is 8.77. The molecule has 82 valence electrons. The molecule has 1 aliphatic rings. The van der Waals surface area contributed by atoms with E-state index < -0.39 is 0 Å². The quantitative estimate of drug-likeness (QED) is 0.755. The van der Waals surface area contributed by atoms with E-state index in [1.165, 1.54) is 4.57 Å². The number of hydrogen-bond acceptors (Lipinski definition) is 2. The first-order valence-corrected chi connectivity index (χ1v) is 5.25. The minimum atomic E-state index is -0.122. The van der Waals surface area contributed by atoms with Crippen LogP contribution in [0.5, 0.6) is 0 Å². The summed E-state index contributed by atoms with van der Waals surface area (Å²) < 4.78 is 3.01. The van der Waals surface area contributed by atoms with E-state index in [4.69, 9.17) is 0 Å². The largest absolute Gasteiger partial charge is 0.352 e. The molecule has 1 aliphatic carbocycles. The number of rotatable bonds is 4. The monoisotopic (exact) mass is 209 g/mol. The number of carbonyl (C=O) groups is 1. The Morgan fingerprint density at radius 3 is 2.67 bits per heavy atom. The summed E-state index contributed by atoms with van der Waals surface area (Å²) in [5.41, 5.74) is -0.122. The molecule has 0 spiro atoms. The van der Waals surface area contributed by atoms with Crippen LogP contribution in [0.2, 0.25) is 0 Å². The highest BCUT2D eigenvalue weighted by Crippen LogP contribution is 2.18. The lowest BCUT2D eigenvalue weighted by Crippen LogP contribution is -2.33. The topological polar surface area (TPSA) is 56.0 Å². The Labute approximate surface area is 87.7 Å². The Bertz CT molecular complexity index is 415. The number of nitrogens with one attached hydrogen (secondary N) is 1. The molecule has 5 nitrogen and oxygen atoms in total. The Balaban J connectivity index is 1.99. The van der Waals surface area contributed by atoms with Gasteiger partial charge in [-0.05, 0) is 19.8 Å². The highest BCUT2D eigenvalue weighted by atomic mass is 16.2. The Morgan fingerprint density at radius 1 is 1.47 bits per heavy atom. The van der Waals surface area contributed by atoms with Gasteiger partial charge in [-0.1, -0.05) is 0 Å². The summed E-state index contributed by atoms with van der Waals surface area (Å²) in [6.45, 7) is 2.66. The molecule has 0 radical (unpaired) electrons. The van der Waals surface area contributed by atoms with Gasteiger partial charge in [0.25, 0.3) is 0 Å². The lowest BCUT2D eigenvalue weighted by molar-refractivity contribution is -0.121. The zero-order valence-electron chi connectivity index (χ0n) is 8.77. The summed E-state index contributed by atoms with van der Waals surface area (Å²) >= 11 is 0. The first-order valence-electron chi connectivity index (χ1n) is 5.25. The molecule has 0 unspecified atom stereocenters. The standard InChI is InChI=1S/C10H15N3O2/c1-2-12-5-6-13(10(12)15)7-9(14)11-8-3-4-8/h5-6,8H,2-4,7H2,1H3,(H,11,14). The van der Waals surface area contributed by atoms with Crippen molar-refractivity contribution >= 4 is 5.91 Å². The first-order chi connectivity index (χ1) is 7.20. The van der Waals surface area contributed by atoms with Gasteiger partial charge in [-0.3, -0.25) is 13.9 Å². The third-order valence-corrected chi connectivity index (χ3v) is 2.52. The number of hydrogen-bond donors (Lipinski definition) is 1. The minimum Gasteiger partial charge on any atom is -0.352 e. The molecule has 0 atom stereocenters. The zero-order chi connectivity index (χ0) is 10.8. The number of imidazole rings is 1. The maximum Gasteiger partial charge on any atom is 0.328 e. The van der Waals surface area contributed by atoms with Crippen molar-refractivity contribution in [2.24, 2.45) is 0 Å². The summed E-state index contributed by atoms with van der Waals surface area (Å²) in [5, 5.41) is 2.85. The van der Waals surface area contributed by atoms with E-state index in [0.717, 1.165) is 12.8 Å². The molecular weight excluding hydrogens is 194 g/mol. The van der Waals surface area contributed by atoms with Crippen molar-refractivity contribution in [3.63, 3.8) is 0 Å². The average Bonchev–Trinajstić information content (AvgIpc) is 2.94. The summed E-state index contributed by atoms with van der Waals surface area (Å²) in [5.74, 6) is -0.0755. The van der Waals surface area contributed by atoms with E-state index in [2.05, 4.69) is 5.32 Å².